The molecule has 102 valence electrons. The van der Waals surface area contributed by atoms with Gasteiger partial charge in [0.05, 0.1) is 17.8 Å². The van der Waals surface area contributed by atoms with Crippen molar-refractivity contribution in [1.82, 2.24) is 10.3 Å². The molecule has 0 aliphatic carbocycles. The van der Waals surface area contributed by atoms with E-state index in [1.807, 2.05) is 19.1 Å². The van der Waals surface area contributed by atoms with Crippen molar-refractivity contribution in [1.29, 1.82) is 0 Å². The number of nitrogens with one attached hydrogen (secondary N) is 1. The SMILES string of the molecule is COc1cccc([C@@H](C)NC(C)c2csc(C)n2)c1. The van der Waals surface area contributed by atoms with Gasteiger partial charge in [-0.3, -0.25) is 0 Å². The number of methoxy groups -OCH3 is 1. The second-order valence-electron chi connectivity index (χ2n) is 4.68. The molecule has 0 aliphatic heterocycles. The molecule has 1 aromatic carbocycles. The molecule has 4 heteroatoms. The van der Waals surface area contributed by atoms with Crippen LogP contribution in [0.1, 0.15) is 42.2 Å². The third-order valence-corrected chi connectivity index (χ3v) is 3.97. The summed E-state index contributed by atoms with van der Waals surface area (Å²) >= 11 is 1.69. The zero-order valence-electron chi connectivity index (χ0n) is 11.8. The third-order valence-electron chi connectivity index (χ3n) is 3.17. The molecule has 0 saturated heterocycles. The first-order valence-electron chi connectivity index (χ1n) is 6.42. The van der Waals surface area contributed by atoms with Crippen molar-refractivity contribution in [2.24, 2.45) is 0 Å². The number of nitrogens with zero attached hydrogens (tertiary/aromatic N) is 1. The van der Waals surface area contributed by atoms with Gasteiger partial charge in [0.2, 0.25) is 0 Å². The molecule has 0 amide bonds. The predicted octanol–water partition coefficient (Wildman–Crippen LogP) is 3.87. The fraction of sp³-hybridized carbons (Fsp3) is 0.400. The highest BCUT2D eigenvalue weighted by atomic mass is 32.1. The molecule has 2 atom stereocenters. The molecule has 0 fully saturated rings. The number of hydrogen-bond acceptors (Lipinski definition) is 4. The molecular formula is C15H20N2OS. The summed E-state index contributed by atoms with van der Waals surface area (Å²) in [5.41, 5.74) is 2.33. The molecule has 19 heavy (non-hydrogen) atoms. The van der Waals surface area contributed by atoms with Crippen LogP contribution >= 0.6 is 11.3 Å². The summed E-state index contributed by atoms with van der Waals surface area (Å²) in [6.07, 6.45) is 0. The van der Waals surface area contributed by atoms with E-state index in [1.165, 1.54) is 5.56 Å². The first-order chi connectivity index (χ1) is 9.10. The lowest BCUT2D eigenvalue weighted by Gasteiger charge is -2.19. The summed E-state index contributed by atoms with van der Waals surface area (Å²) in [6.45, 7) is 6.34. The highest BCUT2D eigenvalue weighted by molar-refractivity contribution is 7.09. The van der Waals surface area contributed by atoms with E-state index >= 15 is 0 Å². The summed E-state index contributed by atoms with van der Waals surface area (Å²) < 4.78 is 5.26. The van der Waals surface area contributed by atoms with E-state index in [0.29, 0.717) is 0 Å². The summed E-state index contributed by atoms with van der Waals surface area (Å²) in [4.78, 5) is 4.52. The van der Waals surface area contributed by atoms with Gasteiger partial charge in [-0.05, 0) is 38.5 Å². The van der Waals surface area contributed by atoms with Crippen molar-refractivity contribution >= 4 is 11.3 Å². The van der Waals surface area contributed by atoms with Crippen molar-refractivity contribution in [3.8, 4) is 5.75 Å². The highest BCUT2D eigenvalue weighted by Crippen LogP contribution is 2.23. The largest absolute Gasteiger partial charge is 0.497 e. The van der Waals surface area contributed by atoms with Crippen LogP contribution in [0.3, 0.4) is 0 Å². The molecule has 0 saturated carbocycles. The Balaban J connectivity index is 2.05. The maximum atomic E-state index is 5.26. The lowest BCUT2D eigenvalue weighted by molar-refractivity contribution is 0.412. The first-order valence-corrected chi connectivity index (χ1v) is 7.30. The Kier molecular flexibility index (Phi) is 4.56. The Morgan fingerprint density at radius 3 is 2.68 bits per heavy atom. The van der Waals surface area contributed by atoms with Crippen LogP contribution in [0.2, 0.25) is 0 Å². The Morgan fingerprint density at radius 1 is 1.26 bits per heavy atom. The van der Waals surface area contributed by atoms with E-state index in [9.17, 15) is 0 Å². The molecule has 0 aliphatic rings. The number of aromatic nitrogens is 1. The van der Waals surface area contributed by atoms with Crippen LogP contribution in [-0.2, 0) is 0 Å². The minimum absolute atomic E-state index is 0.242. The molecule has 1 N–H and O–H groups in total. The van der Waals surface area contributed by atoms with Crippen molar-refractivity contribution < 1.29 is 4.74 Å². The molecule has 3 nitrogen and oxygen atoms in total. The van der Waals surface area contributed by atoms with Crippen molar-refractivity contribution in [3.63, 3.8) is 0 Å². The smallest absolute Gasteiger partial charge is 0.119 e. The molecule has 2 rings (SSSR count). The van der Waals surface area contributed by atoms with Crippen molar-refractivity contribution in [2.45, 2.75) is 32.9 Å². The Labute approximate surface area is 118 Å². The second kappa shape index (κ2) is 6.17. The number of ether oxygens (including phenoxy) is 1. The van der Waals surface area contributed by atoms with Crippen LogP contribution in [0, 0.1) is 6.92 Å². The number of thiazole rings is 1. The number of benzene rings is 1. The van der Waals surface area contributed by atoms with E-state index < -0.39 is 0 Å². The molecule has 1 unspecified atom stereocenters. The summed E-state index contributed by atoms with van der Waals surface area (Å²) in [5.74, 6) is 0.892. The first kappa shape index (κ1) is 14.0. The van der Waals surface area contributed by atoms with Crippen LogP contribution in [0.15, 0.2) is 29.6 Å². The number of aryl methyl sites for hydroxylation is 1. The topological polar surface area (TPSA) is 34.1 Å². The van der Waals surface area contributed by atoms with E-state index in [1.54, 1.807) is 18.4 Å². The van der Waals surface area contributed by atoms with Crippen molar-refractivity contribution in [3.05, 3.63) is 45.9 Å². The Hall–Kier alpha value is -1.39. The van der Waals surface area contributed by atoms with Gasteiger partial charge < -0.3 is 10.1 Å². The maximum absolute atomic E-state index is 5.26. The molecular weight excluding hydrogens is 256 g/mol. The fourth-order valence-electron chi connectivity index (χ4n) is 2.05. The zero-order valence-corrected chi connectivity index (χ0v) is 12.6. The Morgan fingerprint density at radius 2 is 2.05 bits per heavy atom. The fourth-order valence-corrected chi connectivity index (χ4v) is 2.75. The maximum Gasteiger partial charge on any atom is 0.119 e. The number of rotatable bonds is 5. The van der Waals surface area contributed by atoms with E-state index in [2.05, 4.69) is 41.7 Å². The average Bonchev–Trinajstić information content (AvgIpc) is 2.85. The lowest BCUT2D eigenvalue weighted by atomic mass is 10.1. The quantitative estimate of drug-likeness (QED) is 0.900. The van der Waals surface area contributed by atoms with Crippen LogP contribution in [-0.4, -0.2) is 12.1 Å². The predicted molar refractivity (Wildman–Crippen MR) is 79.8 cm³/mol. The number of hydrogen-bond donors (Lipinski definition) is 1. The zero-order chi connectivity index (χ0) is 13.8. The van der Waals surface area contributed by atoms with Gasteiger partial charge in [-0.2, -0.15) is 0 Å². The van der Waals surface area contributed by atoms with Gasteiger partial charge >= 0.3 is 0 Å². The molecule has 0 radical (unpaired) electrons. The van der Waals surface area contributed by atoms with Gasteiger partial charge in [0.15, 0.2) is 0 Å². The van der Waals surface area contributed by atoms with Crippen LogP contribution in [0.5, 0.6) is 5.75 Å². The van der Waals surface area contributed by atoms with Crippen LogP contribution < -0.4 is 10.1 Å². The summed E-state index contributed by atoms with van der Waals surface area (Å²) in [7, 11) is 1.69. The lowest BCUT2D eigenvalue weighted by Crippen LogP contribution is -2.22. The monoisotopic (exact) mass is 276 g/mol. The molecule has 1 aromatic heterocycles. The highest BCUT2D eigenvalue weighted by Gasteiger charge is 2.13. The Bertz CT molecular complexity index is 538. The minimum atomic E-state index is 0.242. The normalized spacial score (nSPS) is 14.1. The van der Waals surface area contributed by atoms with Crippen LogP contribution in [0.25, 0.3) is 0 Å². The standard InChI is InChI=1S/C15H20N2OS/c1-10(13-6-5-7-14(8-13)18-4)16-11(2)15-9-19-12(3)17-15/h5-11,16H,1-4H3/t10-,11?/m1/s1. The summed E-state index contributed by atoms with van der Waals surface area (Å²) in [5, 5.41) is 6.79. The van der Waals surface area contributed by atoms with Gasteiger partial charge in [0, 0.05) is 17.5 Å². The van der Waals surface area contributed by atoms with Crippen molar-refractivity contribution in [2.75, 3.05) is 7.11 Å². The van der Waals surface area contributed by atoms with E-state index in [-0.39, 0.29) is 12.1 Å². The summed E-state index contributed by atoms with van der Waals surface area (Å²) in [6, 6.07) is 8.65. The van der Waals surface area contributed by atoms with E-state index in [0.717, 1.165) is 16.5 Å². The van der Waals surface area contributed by atoms with E-state index in [4.69, 9.17) is 4.74 Å². The van der Waals surface area contributed by atoms with Gasteiger partial charge in [-0.15, -0.1) is 11.3 Å². The average molecular weight is 276 g/mol. The minimum Gasteiger partial charge on any atom is -0.497 e. The van der Waals surface area contributed by atoms with Gasteiger partial charge in [-0.1, -0.05) is 12.1 Å². The molecule has 2 aromatic rings. The van der Waals surface area contributed by atoms with Gasteiger partial charge in [-0.25, -0.2) is 4.98 Å². The second-order valence-corrected chi connectivity index (χ2v) is 5.74. The molecule has 0 bridgehead atoms. The van der Waals surface area contributed by atoms with Crippen LogP contribution in [0.4, 0.5) is 0 Å². The molecule has 1 heterocycles. The van der Waals surface area contributed by atoms with Gasteiger partial charge in [0.25, 0.3) is 0 Å². The third kappa shape index (κ3) is 3.55. The van der Waals surface area contributed by atoms with Gasteiger partial charge in [0.1, 0.15) is 5.75 Å². The molecule has 0 spiro atoms.